The molecule has 0 unspecified atom stereocenters. The number of amides is 1. The van der Waals surface area contributed by atoms with Gasteiger partial charge in [0.05, 0.1) is 37.6 Å². The Bertz CT molecular complexity index is 810. The minimum Gasteiger partial charge on any atom is -0.469 e. The summed E-state index contributed by atoms with van der Waals surface area (Å²) in [7, 11) is 3.17. The maximum absolute atomic E-state index is 13.8. The summed E-state index contributed by atoms with van der Waals surface area (Å²) >= 11 is 0. The Hall–Kier alpha value is -1.44. The highest BCUT2D eigenvalue weighted by atomic mass is 16.6. The monoisotopic (exact) mass is 491 g/mol. The van der Waals surface area contributed by atoms with Crippen LogP contribution >= 0.6 is 0 Å². The number of ether oxygens (including phenoxy) is 4. The van der Waals surface area contributed by atoms with E-state index in [0.717, 1.165) is 58.0 Å². The molecule has 35 heavy (non-hydrogen) atoms. The molecule has 2 heterocycles. The lowest BCUT2D eigenvalue weighted by atomic mass is 9.66. The van der Waals surface area contributed by atoms with Crippen molar-refractivity contribution in [2.45, 2.75) is 121 Å². The minimum atomic E-state index is -0.406. The van der Waals surface area contributed by atoms with Crippen molar-refractivity contribution in [2.24, 2.45) is 11.3 Å². The van der Waals surface area contributed by atoms with Crippen molar-refractivity contribution in [3.63, 3.8) is 0 Å². The summed E-state index contributed by atoms with van der Waals surface area (Å²) in [5.74, 6) is 0.000689. The lowest BCUT2D eigenvalue weighted by Crippen LogP contribution is -2.61. The zero-order chi connectivity index (χ0) is 25.3. The molecule has 0 bridgehead atoms. The molecule has 0 radical (unpaired) electrons. The molecule has 4 aliphatic rings. The molecule has 1 spiro atoms. The van der Waals surface area contributed by atoms with Gasteiger partial charge in [-0.3, -0.25) is 9.59 Å². The molecule has 2 saturated carbocycles. The van der Waals surface area contributed by atoms with E-state index < -0.39 is 5.41 Å². The van der Waals surface area contributed by atoms with Crippen LogP contribution in [0.4, 0.5) is 0 Å². The molecule has 6 atom stereocenters. The number of allylic oxidation sites excluding steroid dienone is 1. The standard InChI is InChI=1S/C28H45NO6/c1-19(2)11-12-21-26(3,35-21)24-23(33-5)20(13-17-28(24)18-34-28)29-25(31)27(14-7-6-8-15-27)16-9-10-22(30)32-4/h11,20-21,23-24H,6-10,12-18H2,1-5H3,(H,29,31)/t20-,21-,23-,24-,26+,28+/m1/s1. The summed E-state index contributed by atoms with van der Waals surface area (Å²) in [6, 6.07) is -0.0724. The molecule has 0 aromatic carbocycles. The normalized spacial score (nSPS) is 37.4. The smallest absolute Gasteiger partial charge is 0.305 e. The average molecular weight is 492 g/mol. The van der Waals surface area contributed by atoms with E-state index in [0.29, 0.717) is 12.8 Å². The molecule has 4 fully saturated rings. The molecule has 4 rings (SSSR count). The molecule has 198 valence electrons. The fourth-order valence-corrected chi connectivity index (χ4v) is 6.96. The van der Waals surface area contributed by atoms with Crippen LogP contribution in [0.2, 0.25) is 0 Å². The van der Waals surface area contributed by atoms with Gasteiger partial charge >= 0.3 is 5.97 Å². The number of esters is 1. The molecule has 2 saturated heterocycles. The first-order valence-electron chi connectivity index (χ1n) is 13.6. The van der Waals surface area contributed by atoms with Crippen LogP contribution < -0.4 is 5.32 Å². The predicted octanol–water partition coefficient (Wildman–Crippen LogP) is 4.47. The Kier molecular flexibility index (Phi) is 7.99. The van der Waals surface area contributed by atoms with E-state index >= 15 is 0 Å². The summed E-state index contributed by atoms with van der Waals surface area (Å²) in [6.07, 6.45) is 11.7. The van der Waals surface area contributed by atoms with E-state index in [-0.39, 0.29) is 47.2 Å². The Morgan fingerprint density at radius 1 is 1.11 bits per heavy atom. The third kappa shape index (κ3) is 5.47. The van der Waals surface area contributed by atoms with Crippen molar-refractivity contribution < 1.29 is 28.5 Å². The third-order valence-electron chi connectivity index (χ3n) is 9.17. The van der Waals surface area contributed by atoms with Crippen LogP contribution in [-0.4, -0.2) is 62.2 Å². The third-order valence-corrected chi connectivity index (χ3v) is 9.17. The molecule has 7 heteroatoms. The lowest BCUT2D eigenvalue weighted by Gasteiger charge is -2.45. The molecule has 7 nitrogen and oxygen atoms in total. The quantitative estimate of drug-likeness (QED) is 0.275. The molecule has 2 aliphatic carbocycles. The molecule has 0 aromatic heterocycles. The van der Waals surface area contributed by atoms with Gasteiger partial charge in [0.2, 0.25) is 5.91 Å². The van der Waals surface area contributed by atoms with Crippen molar-refractivity contribution in [3.8, 4) is 0 Å². The van der Waals surface area contributed by atoms with Crippen LogP contribution in [0.15, 0.2) is 11.6 Å². The van der Waals surface area contributed by atoms with Crippen LogP contribution in [0.1, 0.15) is 91.4 Å². The maximum Gasteiger partial charge on any atom is 0.305 e. The Balaban J connectivity index is 1.47. The summed E-state index contributed by atoms with van der Waals surface area (Å²) in [6.45, 7) is 7.16. The maximum atomic E-state index is 13.8. The van der Waals surface area contributed by atoms with Gasteiger partial charge in [0.25, 0.3) is 0 Å². The fourth-order valence-electron chi connectivity index (χ4n) is 6.96. The summed E-state index contributed by atoms with van der Waals surface area (Å²) in [4.78, 5) is 25.5. The average Bonchev–Trinajstić information content (AvgIpc) is 3.76. The van der Waals surface area contributed by atoms with Gasteiger partial charge in [-0.25, -0.2) is 0 Å². The second-order valence-electron chi connectivity index (χ2n) is 11.7. The first-order chi connectivity index (χ1) is 16.7. The minimum absolute atomic E-state index is 0.0724. The van der Waals surface area contributed by atoms with E-state index in [1.54, 1.807) is 7.11 Å². The second kappa shape index (κ2) is 10.5. The van der Waals surface area contributed by atoms with Gasteiger partial charge in [-0.05, 0) is 65.7 Å². The Morgan fingerprint density at radius 3 is 2.43 bits per heavy atom. The van der Waals surface area contributed by atoms with Crippen LogP contribution in [-0.2, 0) is 28.5 Å². The lowest BCUT2D eigenvalue weighted by molar-refractivity contribution is -0.142. The largest absolute Gasteiger partial charge is 0.469 e. The van der Waals surface area contributed by atoms with Gasteiger partial charge in [-0.15, -0.1) is 0 Å². The fraction of sp³-hybridized carbons (Fsp3) is 0.857. The first kappa shape index (κ1) is 26.6. The van der Waals surface area contributed by atoms with Crippen LogP contribution in [0.3, 0.4) is 0 Å². The molecular weight excluding hydrogens is 446 g/mol. The Morgan fingerprint density at radius 2 is 1.83 bits per heavy atom. The van der Waals surface area contributed by atoms with E-state index in [2.05, 4.69) is 32.2 Å². The van der Waals surface area contributed by atoms with Gasteiger partial charge in [0.15, 0.2) is 0 Å². The van der Waals surface area contributed by atoms with Gasteiger partial charge in [0, 0.05) is 24.9 Å². The van der Waals surface area contributed by atoms with Crippen molar-refractivity contribution in [1.82, 2.24) is 5.32 Å². The van der Waals surface area contributed by atoms with Crippen LogP contribution in [0.25, 0.3) is 0 Å². The summed E-state index contributed by atoms with van der Waals surface area (Å²) < 4.78 is 23.3. The molecule has 2 aliphatic heterocycles. The van der Waals surface area contributed by atoms with Gasteiger partial charge in [-0.1, -0.05) is 30.9 Å². The van der Waals surface area contributed by atoms with E-state index in [9.17, 15) is 9.59 Å². The predicted molar refractivity (Wildman–Crippen MR) is 133 cm³/mol. The number of epoxide rings is 2. The van der Waals surface area contributed by atoms with E-state index in [1.807, 2.05) is 0 Å². The van der Waals surface area contributed by atoms with Gasteiger partial charge in [-0.2, -0.15) is 0 Å². The summed E-state index contributed by atoms with van der Waals surface area (Å²) in [5.41, 5.74) is 0.383. The SMILES string of the molecule is COC(=O)CCCC1(C(=O)N[C@@H]2CC[C@]3(CO3)[C@@H]([C@@]3(C)O[C@@H]3CC=C(C)C)[C@@H]2OC)CCCCC1. The number of hydrogen-bond donors (Lipinski definition) is 1. The van der Waals surface area contributed by atoms with Crippen LogP contribution in [0.5, 0.6) is 0 Å². The van der Waals surface area contributed by atoms with Gasteiger partial charge < -0.3 is 24.3 Å². The molecule has 1 N–H and O–H groups in total. The number of methoxy groups -OCH3 is 2. The molecule has 0 aromatic rings. The summed E-state index contributed by atoms with van der Waals surface area (Å²) in [5, 5.41) is 3.44. The molecule has 1 amide bonds. The van der Waals surface area contributed by atoms with Crippen molar-refractivity contribution in [3.05, 3.63) is 11.6 Å². The number of rotatable bonds is 10. The number of carbonyl (C=O) groups is 2. The number of carbonyl (C=O) groups excluding carboxylic acids is 2. The number of hydrogen-bond acceptors (Lipinski definition) is 6. The highest BCUT2D eigenvalue weighted by Gasteiger charge is 2.72. The van der Waals surface area contributed by atoms with Crippen molar-refractivity contribution in [1.29, 1.82) is 0 Å². The number of nitrogens with one attached hydrogen (secondary N) is 1. The van der Waals surface area contributed by atoms with E-state index in [1.165, 1.54) is 19.1 Å². The van der Waals surface area contributed by atoms with Crippen molar-refractivity contribution in [2.75, 3.05) is 20.8 Å². The zero-order valence-corrected chi connectivity index (χ0v) is 22.3. The highest BCUT2D eigenvalue weighted by Crippen LogP contribution is 2.59. The second-order valence-corrected chi connectivity index (χ2v) is 11.7. The topological polar surface area (TPSA) is 89.7 Å². The Labute approximate surface area is 210 Å². The highest BCUT2D eigenvalue weighted by molar-refractivity contribution is 5.83. The van der Waals surface area contributed by atoms with Gasteiger partial charge in [0.1, 0.15) is 5.60 Å². The zero-order valence-electron chi connectivity index (χ0n) is 22.3. The van der Waals surface area contributed by atoms with E-state index in [4.69, 9.17) is 18.9 Å². The van der Waals surface area contributed by atoms with Crippen LogP contribution in [0, 0.1) is 11.3 Å². The first-order valence-corrected chi connectivity index (χ1v) is 13.6. The molecular formula is C28H45NO6. The van der Waals surface area contributed by atoms with Crippen molar-refractivity contribution >= 4 is 11.9 Å².